The van der Waals surface area contributed by atoms with Gasteiger partial charge >= 0.3 is 0 Å². The van der Waals surface area contributed by atoms with E-state index in [-0.39, 0.29) is 0 Å². The largest absolute Gasteiger partial charge is 0.309 e. The number of nitrogens with zero attached hydrogens (tertiary/aromatic N) is 1. The van der Waals surface area contributed by atoms with Crippen LogP contribution in [0.1, 0.15) is 0 Å². The maximum absolute atomic E-state index is 2.46. The first-order valence-corrected chi connectivity index (χ1v) is 15.9. The molecule has 2 heterocycles. The van der Waals surface area contributed by atoms with Gasteiger partial charge in [-0.25, -0.2) is 0 Å². The van der Waals surface area contributed by atoms with Gasteiger partial charge in [-0.2, -0.15) is 0 Å². The van der Waals surface area contributed by atoms with E-state index in [1.165, 1.54) is 91.9 Å². The highest BCUT2D eigenvalue weighted by atomic mass is 32.2. The minimum absolute atomic E-state index is 1.17. The van der Waals surface area contributed by atoms with Crippen molar-refractivity contribution in [3.63, 3.8) is 0 Å². The molecule has 0 aliphatic carbocycles. The summed E-state index contributed by atoms with van der Waals surface area (Å²) in [5, 5.41) is 10.3. The lowest BCUT2D eigenvalue weighted by Gasteiger charge is -2.21. The summed E-state index contributed by atoms with van der Waals surface area (Å²) in [6.45, 7) is 0. The Morgan fingerprint density at radius 2 is 1.14 bits per heavy atom. The van der Waals surface area contributed by atoms with Crippen molar-refractivity contribution in [2.75, 3.05) is 0 Å². The Bertz CT molecular complexity index is 2620. The summed E-state index contributed by atoms with van der Waals surface area (Å²) in [6.07, 6.45) is 0. The van der Waals surface area contributed by atoms with Gasteiger partial charge in [0.15, 0.2) is 0 Å². The molecule has 0 bridgehead atoms. The zero-order valence-corrected chi connectivity index (χ0v) is 24.6. The molecule has 1 aromatic heterocycles. The van der Waals surface area contributed by atoms with Crippen LogP contribution in [0.4, 0.5) is 0 Å². The predicted octanol–water partition coefficient (Wildman–Crippen LogP) is 12.0. The van der Waals surface area contributed by atoms with Gasteiger partial charge in [0, 0.05) is 37.0 Å². The summed E-state index contributed by atoms with van der Waals surface area (Å²) in [4.78, 5) is 2.66. The monoisotopic (exact) mass is 575 g/mol. The predicted molar refractivity (Wildman–Crippen MR) is 188 cm³/mol. The number of benzene rings is 8. The molecule has 0 spiro atoms. The average Bonchev–Trinajstić information content (AvgIpc) is 3.41. The van der Waals surface area contributed by atoms with Gasteiger partial charge in [0.1, 0.15) is 0 Å². The molecule has 8 aromatic carbocycles. The standard InChI is InChI=1S/C42H25NS/c1-2-9-30-25-38-36(23-29(30)8-1)35-21-17-27-7-3-4-12-33(27)42(35)43(38)32-19-15-26(16-20-32)31-18-22-39-37(24-31)34-13-5-10-28-11-6-14-40(44-39)41(28)34/h1-25H. The molecular formula is C42H25NS. The molecule has 0 radical (unpaired) electrons. The minimum atomic E-state index is 1.17. The minimum Gasteiger partial charge on any atom is -0.309 e. The van der Waals surface area contributed by atoms with Gasteiger partial charge in [0.25, 0.3) is 0 Å². The van der Waals surface area contributed by atoms with Gasteiger partial charge in [-0.05, 0) is 86.3 Å². The summed E-state index contributed by atoms with van der Waals surface area (Å²) in [5.41, 5.74) is 8.79. The Morgan fingerprint density at radius 3 is 2.00 bits per heavy atom. The van der Waals surface area contributed by atoms with Crippen molar-refractivity contribution < 1.29 is 0 Å². The number of aromatic nitrogens is 1. The molecular weight excluding hydrogens is 551 g/mol. The highest BCUT2D eigenvalue weighted by Gasteiger charge is 2.20. The smallest absolute Gasteiger partial charge is 0.0619 e. The summed E-state index contributed by atoms with van der Waals surface area (Å²) in [7, 11) is 0. The van der Waals surface area contributed by atoms with Crippen LogP contribution in [0.2, 0.25) is 0 Å². The van der Waals surface area contributed by atoms with Crippen LogP contribution in [-0.2, 0) is 0 Å². The number of hydrogen-bond donors (Lipinski definition) is 0. The van der Waals surface area contributed by atoms with Crippen molar-refractivity contribution in [3.05, 3.63) is 152 Å². The zero-order valence-electron chi connectivity index (χ0n) is 23.8. The number of hydrogen-bond acceptors (Lipinski definition) is 1. The second-order valence-electron chi connectivity index (χ2n) is 11.8. The highest BCUT2D eigenvalue weighted by molar-refractivity contribution is 7.99. The van der Waals surface area contributed by atoms with Crippen LogP contribution in [0, 0.1) is 0 Å². The van der Waals surface area contributed by atoms with Crippen LogP contribution < -0.4 is 0 Å². The first kappa shape index (κ1) is 24.2. The third-order valence-electron chi connectivity index (χ3n) is 9.33. The van der Waals surface area contributed by atoms with E-state index in [4.69, 9.17) is 0 Å². The SMILES string of the molecule is c1ccc2cc3c(cc2c1)c1ccc2ccccc2c1n3-c1ccc(-c2ccc3c(c2)-c2cccc4cccc(c24)S3)cc1. The van der Waals surface area contributed by atoms with E-state index in [1.807, 2.05) is 11.8 Å². The maximum Gasteiger partial charge on any atom is 0.0619 e. The normalized spacial score (nSPS) is 12.5. The summed E-state index contributed by atoms with van der Waals surface area (Å²) >= 11 is 1.88. The van der Waals surface area contributed by atoms with Gasteiger partial charge in [0.2, 0.25) is 0 Å². The van der Waals surface area contributed by atoms with E-state index in [0.717, 1.165) is 0 Å². The van der Waals surface area contributed by atoms with E-state index >= 15 is 0 Å². The van der Waals surface area contributed by atoms with Crippen LogP contribution in [0.25, 0.3) is 82.1 Å². The zero-order chi connectivity index (χ0) is 28.8. The number of fused-ring (bicyclic) bond motifs is 8. The maximum atomic E-state index is 2.46. The van der Waals surface area contributed by atoms with Gasteiger partial charge in [-0.3, -0.25) is 0 Å². The van der Waals surface area contributed by atoms with Gasteiger partial charge < -0.3 is 4.57 Å². The van der Waals surface area contributed by atoms with Crippen LogP contribution in [0.5, 0.6) is 0 Å². The first-order valence-electron chi connectivity index (χ1n) is 15.1. The fourth-order valence-corrected chi connectivity index (χ4v) is 8.41. The summed E-state index contributed by atoms with van der Waals surface area (Å²) in [6, 6.07) is 56.1. The van der Waals surface area contributed by atoms with E-state index in [1.54, 1.807) is 0 Å². The van der Waals surface area contributed by atoms with Crippen molar-refractivity contribution in [3.8, 4) is 27.9 Å². The molecule has 0 saturated carbocycles. The Labute approximate surface area is 259 Å². The van der Waals surface area contributed by atoms with Gasteiger partial charge in [-0.15, -0.1) is 0 Å². The van der Waals surface area contributed by atoms with E-state index < -0.39 is 0 Å². The Hall–Kier alpha value is -5.31. The van der Waals surface area contributed by atoms with E-state index in [2.05, 4.69) is 156 Å². The molecule has 204 valence electrons. The fourth-order valence-electron chi connectivity index (χ4n) is 7.28. The molecule has 0 fully saturated rings. The molecule has 1 nitrogen and oxygen atoms in total. The Balaban J connectivity index is 1.16. The van der Waals surface area contributed by atoms with Crippen molar-refractivity contribution in [1.29, 1.82) is 0 Å². The molecule has 2 heteroatoms. The molecule has 0 amide bonds. The van der Waals surface area contributed by atoms with Crippen LogP contribution in [0.3, 0.4) is 0 Å². The third kappa shape index (κ3) is 3.43. The molecule has 1 aliphatic rings. The molecule has 0 atom stereocenters. The Morgan fingerprint density at radius 1 is 0.409 bits per heavy atom. The average molecular weight is 576 g/mol. The lowest BCUT2D eigenvalue weighted by atomic mass is 9.94. The van der Waals surface area contributed by atoms with E-state index in [9.17, 15) is 0 Å². The van der Waals surface area contributed by atoms with Gasteiger partial charge in [-0.1, -0.05) is 121 Å². The van der Waals surface area contributed by atoms with Crippen LogP contribution >= 0.6 is 11.8 Å². The molecule has 0 N–H and O–H groups in total. The van der Waals surface area contributed by atoms with Crippen LogP contribution in [-0.4, -0.2) is 4.57 Å². The summed E-state index contributed by atoms with van der Waals surface area (Å²) < 4.78 is 2.46. The molecule has 44 heavy (non-hydrogen) atoms. The van der Waals surface area contributed by atoms with Crippen molar-refractivity contribution in [2.45, 2.75) is 9.79 Å². The molecule has 0 unspecified atom stereocenters. The third-order valence-corrected chi connectivity index (χ3v) is 10.5. The lowest BCUT2D eigenvalue weighted by Crippen LogP contribution is -1.95. The molecule has 1 aliphatic heterocycles. The second kappa shape index (κ2) is 9.09. The van der Waals surface area contributed by atoms with Crippen molar-refractivity contribution >= 4 is 65.9 Å². The van der Waals surface area contributed by atoms with E-state index in [0.29, 0.717) is 0 Å². The van der Waals surface area contributed by atoms with Crippen LogP contribution in [0.15, 0.2) is 161 Å². The quantitative estimate of drug-likeness (QED) is 0.198. The van der Waals surface area contributed by atoms with Crippen molar-refractivity contribution in [1.82, 2.24) is 4.57 Å². The second-order valence-corrected chi connectivity index (χ2v) is 12.8. The topological polar surface area (TPSA) is 4.93 Å². The lowest BCUT2D eigenvalue weighted by molar-refractivity contribution is 1.19. The fraction of sp³-hybridized carbons (Fsp3) is 0. The molecule has 9 aromatic rings. The first-order chi connectivity index (χ1) is 21.8. The highest BCUT2D eigenvalue weighted by Crippen LogP contribution is 2.49. The Kier molecular flexibility index (Phi) is 5.00. The number of rotatable bonds is 2. The summed E-state index contributed by atoms with van der Waals surface area (Å²) in [5.74, 6) is 0. The van der Waals surface area contributed by atoms with Gasteiger partial charge in [0.05, 0.1) is 11.0 Å². The van der Waals surface area contributed by atoms with Crippen molar-refractivity contribution in [2.24, 2.45) is 0 Å². The molecule has 10 rings (SSSR count). The molecule has 0 saturated heterocycles.